The Morgan fingerprint density at radius 1 is 1.42 bits per heavy atom. The molecule has 0 aromatic carbocycles. The first-order valence-corrected chi connectivity index (χ1v) is 5.21. The summed E-state index contributed by atoms with van der Waals surface area (Å²) in [6.07, 6.45) is 13.5. The van der Waals surface area contributed by atoms with Crippen LogP contribution in [0, 0.1) is 5.92 Å². The molecule has 0 saturated heterocycles. The van der Waals surface area contributed by atoms with Crippen LogP contribution in [0.25, 0.3) is 0 Å². The van der Waals surface area contributed by atoms with Gasteiger partial charge in [0.25, 0.3) is 0 Å². The first kappa shape index (κ1) is 9.57. The molecule has 1 aliphatic carbocycles. The highest BCUT2D eigenvalue weighted by Crippen LogP contribution is 2.23. The van der Waals surface area contributed by atoms with E-state index in [1.54, 1.807) is 5.57 Å². The lowest BCUT2D eigenvalue weighted by atomic mass is 9.96. The molecule has 12 heavy (non-hydrogen) atoms. The van der Waals surface area contributed by atoms with E-state index in [0.717, 1.165) is 12.3 Å². The van der Waals surface area contributed by atoms with Crippen molar-refractivity contribution in [3.8, 4) is 0 Å². The summed E-state index contributed by atoms with van der Waals surface area (Å²) >= 11 is 0. The van der Waals surface area contributed by atoms with Crippen molar-refractivity contribution in [2.75, 3.05) is 0 Å². The van der Waals surface area contributed by atoms with Crippen LogP contribution in [-0.2, 0) is 0 Å². The minimum absolute atomic E-state index is 0.787. The molecule has 1 aliphatic rings. The van der Waals surface area contributed by atoms with Crippen molar-refractivity contribution >= 4 is 0 Å². The van der Waals surface area contributed by atoms with Crippen LogP contribution >= 0.6 is 0 Å². The van der Waals surface area contributed by atoms with Crippen LogP contribution in [0.1, 0.15) is 46.0 Å². The first-order valence-electron chi connectivity index (χ1n) is 5.21. The molecule has 0 nitrogen and oxygen atoms in total. The number of hydrogen-bond acceptors (Lipinski definition) is 0. The highest BCUT2D eigenvalue weighted by molar-refractivity contribution is 5.27. The van der Waals surface area contributed by atoms with Crippen molar-refractivity contribution in [1.82, 2.24) is 0 Å². The van der Waals surface area contributed by atoms with E-state index in [0.29, 0.717) is 0 Å². The first-order chi connectivity index (χ1) is 5.84. The fourth-order valence-corrected chi connectivity index (χ4v) is 1.71. The molecule has 0 amide bonds. The fraction of sp³-hybridized carbons (Fsp3) is 0.667. The average molecular weight is 164 g/mol. The van der Waals surface area contributed by atoms with Crippen molar-refractivity contribution in [1.29, 1.82) is 0 Å². The predicted octanol–water partition coefficient (Wildman–Crippen LogP) is 4.09. The maximum absolute atomic E-state index is 2.36. The van der Waals surface area contributed by atoms with Crippen LogP contribution in [0.4, 0.5) is 0 Å². The van der Waals surface area contributed by atoms with Crippen molar-refractivity contribution in [3.05, 3.63) is 23.8 Å². The Kier molecular flexibility index (Phi) is 4.13. The molecular weight excluding hydrogens is 144 g/mol. The van der Waals surface area contributed by atoms with Gasteiger partial charge >= 0.3 is 0 Å². The second-order valence-corrected chi connectivity index (χ2v) is 3.74. The molecule has 0 bridgehead atoms. The van der Waals surface area contributed by atoms with Crippen molar-refractivity contribution in [2.45, 2.75) is 46.0 Å². The van der Waals surface area contributed by atoms with Gasteiger partial charge in [-0.1, -0.05) is 51.3 Å². The lowest BCUT2D eigenvalue weighted by Crippen LogP contribution is -1.95. The number of hydrogen-bond donors (Lipinski definition) is 0. The summed E-state index contributed by atoms with van der Waals surface area (Å²) in [5, 5.41) is 0. The molecule has 0 aliphatic heterocycles. The zero-order valence-electron chi connectivity index (χ0n) is 8.34. The molecule has 0 spiro atoms. The van der Waals surface area contributed by atoms with Crippen molar-refractivity contribution < 1.29 is 0 Å². The number of unbranched alkanes of at least 4 members (excludes halogenated alkanes) is 2. The normalized spacial score (nSPS) is 18.0. The van der Waals surface area contributed by atoms with E-state index in [9.17, 15) is 0 Å². The van der Waals surface area contributed by atoms with E-state index in [4.69, 9.17) is 0 Å². The van der Waals surface area contributed by atoms with E-state index >= 15 is 0 Å². The second kappa shape index (κ2) is 5.18. The molecule has 1 atom stereocenters. The van der Waals surface area contributed by atoms with Crippen molar-refractivity contribution in [2.24, 2.45) is 5.92 Å². The average Bonchev–Trinajstić information content (AvgIpc) is 2.56. The molecule has 0 radical (unpaired) electrons. The maximum atomic E-state index is 2.36. The van der Waals surface area contributed by atoms with Gasteiger partial charge in [0.05, 0.1) is 0 Å². The van der Waals surface area contributed by atoms with Crippen LogP contribution in [0.2, 0.25) is 0 Å². The summed E-state index contributed by atoms with van der Waals surface area (Å²) in [6, 6.07) is 0. The van der Waals surface area contributed by atoms with Gasteiger partial charge in [-0.25, -0.2) is 0 Å². The van der Waals surface area contributed by atoms with E-state index in [2.05, 4.69) is 32.1 Å². The molecule has 0 saturated carbocycles. The molecule has 0 aromatic heterocycles. The van der Waals surface area contributed by atoms with Crippen LogP contribution in [0.3, 0.4) is 0 Å². The fourth-order valence-electron chi connectivity index (χ4n) is 1.71. The van der Waals surface area contributed by atoms with Gasteiger partial charge in [0.15, 0.2) is 0 Å². The Balaban J connectivity index is 2.19. The van der Waals surface area contributed by atoms with Crippen LogP contribution in [0.5, 0.6) is 0 Å². The third-order valence-corrected chi connectivity index (χ3v) is 2.61. The molecule has 0 heteroatoms. The largest absolute Gasteiger partial charge is 0.0805 e. The van der Waals surface area contributed by atoms with Crippen molar-refractivity contribution in [3.63, 3.8) is 0 Å². The molecule has 68 valence electrons. The highest BCUT2D eigenvalue weighted by Gasteiger charge is 2.07. The third-order valence-electron chi connectivity index (χ3n) is 2.61. The SMILES string of the molecule is CCCCCC(C)C1=CCC=C1. The van der Waals surface area contributed by atoms with Crippen LogP contribution in [0.15, 0.2) is 23.8 Å². The topological polar surface area (TPSA) is 0 Å². The molecular formula is C12H20. The molecule has 1 rings (SSSR count). The van der Waals surface area contributed by atoms with Gasteiger partial charge in [-0.05, 0) is 24.3 Å². The zero-order valence-corrected chi connectivity index (χ0v) is 8.34. The Hall–Kier alpha value is -0.520. The number of rotatable bonds is 5. The second-order valence-electron chi connectivity index (χ2n) is 3.74. The maximum Gasteiger partial charge on any atom is -0.0160 e. The lowest BCUT2D eigenvalue weighted by Gasteiger charge is -2.10. The van der Waals surface area contributed by atoms with Gasteiger partial charge in [0.2, 0.25) is 0 Å². The molecule has 0 heterocycles. The van der Waals surface area contributed by atoms with Gasteiger partial charge in [0, 0.05) is 0 Å². The standard InChI is InChI=1S/C12H20/c1-3-4-5-8-11(2)12-9-6-7-10-12/h6,9-11H,3-5,7-8H2,1-2H3. The lowest BCUT2D eigenvalue weighted by molar-refractivity contribution is 0.562. The van der Waals surface area contributed by atoms with Gasteiger partial charge in [0.1, 0.15) is 0 Å². The Morgan fingerprint density at radius 2 is 2.25 bits per heavy atom. The minimum atomic E-state index is 0.787. The summed E-state index contributed by atoms with van der Waals surface area (Å²) in [4.78, 5) is 0. The quantitative estimate of drug-likeness (QED) is 0.537. The van der Waals surface area contributed by atoms with Crippen LogP contribution < -0.4 is 0 Å². The minimum Gasteiger partial charge on any atom is -0.0805 e. The summed E-state index contributed by atoms with van der Waals surface area (Å²) in [7, 11) is 0. The van der Waals surface area contributed by atoms with Gasteiger partial charge in [-0.15, -0.1) is 0 Å². The summed E-state index contributed by atoms with van der Waals surface area (Å²) < 4.78 is 0. The van der Waals surface area contributed by atoms with Gasteiger partial charge in [-0.3, -0.25) is 0 Å². The third kappa shape index (κ3) is 2.84. The summed E-state index contributed by atoms with van der Waals surface area (Å²) in [6.45, 7) is 4.61. The van der Waals surface area contributed by atoms with Gasteiger partial charge in [-0.2, -0.15) is 0 Å². The van der Waals surface area contributed by atoms with E-state index < -0.39 is 0 Å². The van der Waals surface area contributed by atoms with Gasteiger partial charge < -0.3 is 0 Å². The summed E-state index contributed by atoms with van der Waals surface area (Å²) in [5.41, 5.74) is 1.56. The van der Waals surface area contributed by atoms with E-state index in [1.807, 2.05) is 0 Å². The molecule has 1 unspecified atom stereocenters. The molecule has 0 N–H and O–H groups in total. The molecule has 0 aromatic rings. The molecule has 0 fully saturated rings. The Bertz CT molecular complexity index is 174. The predicted molar refractivity (Wildman–Crippen MR) is 55.1 cm³/mol. The summed E-state index contributed by atoms with van der Waals surface area (Å²) in [5.74, 6) is 0.787. The number of allylic oxidation sites excluding steroid dienone is 4. The van der Waals surface area contributed by atoms with E-state index in [-0.39, 0.29) is 0 Å². The monoisotopic (exact) mass is 164 g/mol. The zero-order chi connectivity index (χ0) is 8.81. The highest BCUT2D eigenvalue weighted by atomic mass is 14.1. The smallest absolute Gasteiger partial charge is 0.0160 e. The Labute approximate surface area is 76.4 Å². The van der Waals surface area contributed by atoms with Crippen LogP contribution in [-0.4, -0.2) is 0 Å². The Morgan fingerprint density at radius 3 is 2.83 bits per heavy atom. The van der Waals surface area contributed by atoms with E-state index in [1.165, 1.54) is 25.7 Å².